The van der Waals surface area contributed by atoms with Crippen LogP contribution in [0.1, 0.15) is 6.42 Å². The van der Waals surface area contributed by atoms with Crippen LogP contribution in [-0.2, 0) is 13.1 Å². The van der Waals surface area contributed by atoms with E-state index in [4.69, 9.17) is 0 Å². The first-order valence-electron chi connectivity index (χ1n) is 7.81. The molecule has 0 N–H and O–H groups in total. The topological polar surface area (TPSA) is 52.7 Å². The fraction of sp³-hybridized carbons (Fsp3) is 0.167. The van der Waals surface area contributed by atoms with Gasteiger partial charge in [0.25, 0.3) is 5.56 Å². The van der Waals surface area contributed by atoms with Gasteiger partial charge in [0.15, 0.2) is 0 Å². The zero-order valence-corrected chi connectivity index (χ0v) is 13.8. The molecule has 0 aliphatic heterocycles. The van der Waals surface area contributed by atoms with Crippen molar-refractivity contribution in [2.24, 2.45) is 0 Å². The Balaban J connectivity index is 1.65. The van der Waals surface area contributed by atoms with E-state index in [-0.39, 0.29) is 5.56 Å². The summed E-state index contributed by atoms with van der Waals surface area (Å²) in [7, 11) is 0. The smallest absolute Gasteiger partial charge is 0.262 e. The van der Waals surface area contributed by atoms with Crippen LogP contribution in [0, 0.1) is 0 Å². The number of hydrogen-bond donors (Lipinski definition) is 0. The standard InChI is InChI=1S/C18H16N4OS/c23-18-16-15(14-5-2-1-3-6-14)11-24-17(16)20-13-22(18)9-4-8-21-10-7-19-12-21/h1-3,5-7,10-13H,4,8-9H2. The molecule has 3 heterocycles. The summed E-state index contributed by atoms with van der Waals surface area (Å²) < 4.78 is 3.72. The molecule has 0 aliphatic rings. The van der Waals surface area contributed by atoms with E-state index < -0.39 is 0 Å². The van der Waals surface area contributed by atoms with Crippen LogP contribution in [-0.4, -0.2) is 19.1 Å². The van der Waals surface area contributed by atoms with Crippen molar-refractivity contribution in [2.75, 3.05) is 0 Å². The minimum absolute atomic E-state index is 0.0331. The molecule has 0 fully saturated rings. The van der Waals surface area contributed by atoms with Crippen LogP contribution in [0.5, 0.6) is 0 Å². The lowest BCUT2D eigenvalue weighted by Crippen LogP contribution is -2.21. The highest BCUT2D eigenvalue weighted by Gasteiger charge is 2.12. The predicted octanol–water partition coefficient (Wildman–Crippen LogP) is 3.41. The van der Waals surface area contributed by atoms with Crippen molar-refractivity contribution >= 4 is 21.6 Å². The molecule has 0 aliphatic carbocycles. The SMILES string of the molecule is O=c1c2c(-c3ccccc3)csc2ncn1CCCn1ccnc1. The van der Waals surface area contributed by atoms with E-state index in [0.29, 0.717) is 6.54 Å². The van der Waals surface area contributed by atoms with Crippen LogP contribution < -0.4 is 5.56 Å². The lowest BCUT2D eigenvalue weighted by molar-refractivity contribution is 0.550. The molecule has 6 heteroatoms. The molecule has 5 nitrogen and oxygen atoms in total. The fourth-order valence-electron chi connectivity index (χ4n) is 2.80. The zero-order chi connectivity index (χ0) is 16.4. The van der Waals surface area contributed by atoms with Gasteiger partial charge in [0.1, 0.15) is 4.83 Å². The van der Waals surface area contributed by atoms with Crippen LogP contribution in [0.2, 0.25) is 0 Å². The summed E-state index contributed by atoms with van der Waals surface area (Å²) in [5.74, 6) is 0. The highest BCUT2D eigenvalue weighted by molar-refractivity contribution is 7.17. The van der Waals surface area contributed by atoms with Gasteiger partial charge in [-0.3, -0.25) is 9.36 Å². The van der Waals surface area contributed by atoms with E-state index in [0.717, 1.165) is 34.3 Å². The molecule has 0 bridgehead atoms. The first-order valence-corrected chi connectivity index (χ1v) is 8.69. The van der Waals surface area contributed by atoms with Crippen molar-refractivity contribution in [3.8, 4) is 11.1 Å². The zero-order valence-electron chi connectivity index (χ0n) is 13.0. The van der Waals surface area contributed by atoms with Gasteiger partial charge in [0.05, 0.1) is 18.0 Å². The number of aromatic nitrogens is 4. The van der Waals surface area contributed by atoms with E-state index in [1.54, 1.807) is 23.4 Å². The molecular weight excluding hydrogens is 320 g/mol. The highest BCUT2D eigenvalue weighted by atomic mass is 32.1. The molecule has 0 spiro atoms. The molecule has 0 saturated carbocycles. The van der Waals surface area contributed by atoms with Crippen molar-refractivity contribution in [3.63, 3.8) is 0 Å². The Hall–Kier alpha value is -2.73. The van der Waals surface area contributed by atoms with Crippen LogP contribution in [0.25, 0.3) is 21.3 Å². The van der Waals surface area contributed by atoms with E-state index >= 15 is 0 Å². The van der Waals surface area contributed by atoms with E-state index in [1.807, 2.05) is 46.5 Å². The first kappa shape index (κ1) is 14.8. The van der Waals surface area contributed by atoms with E-state index in [9.17, 15) is 4.79 Å². The average molecular weight is 336 g/mol. The molecule has 24 heavy (non-hydrogen) atoms. The Labute approximate surface area is 142 Å². The van der Waals surface area contributed by atoms with E-state index in [2.05, 4.69) is 9.97 Å². The van der Waals surface area contributed by atoms with E-state index in [1.165, 1.54) is 11.3 Å². The maximum atomic E-state index is 12.9. The first-order chi connectivity index (χ1) is 11.8. The van der Waals surface area contributed by atoms with Crippen molar-refractivity contribution in [1.82, 2.24) is 19.1 Å². The summed E-state index contributed by atoms with van der Waals surface area (Å²) in [4.78, 5) is 22.2. The van der Waals surface area contributed by atoms with Gasteiger partial charge in [-0.1, -0.05) is 30.3 Å². The lowest BCUT2D eigenvalue weighted by atomic mass is 10.1. The molecule has 0 unspecified atom stereocenters. The van der Waals surface area contributed by atoms with Gasteiger partial charge < -0.3 is 4.57 Å². The molecule has 0 saturated heterocycles. The third kappa shape index (κ3) is 2.76. The molecule has 1 aromatic carbocycles. The second-order valence-electron chi connectivity index (χ2n) is 5.59. The monoisotopic (exact) mass is 336 g/mol. The molecule has 4 rings (SSSR count). The Morgan fingerprint density at radius 1 is 1.08 bits per heavy atom. The number of imidazole rings is 1. The van der Waals surface area contributed by atoms with Crippen LogP contribution in [0.15, 0.2) is 65.6 Å². The summed E-state index contributed by atoms with van der Waals surface area (Å²) in [5, 5.41) is 2.74. The number of hydrogen-bond acceptors (Lipinski definition) is 4. The van der Waals surface area contributed by atoms with Gasteiger partial charge in [-0.2, -0.15) is 0 Å². The van der Waals surface area contributed by atoms with Gasteiger partial charge in [-0.05, 0) is 12.0 Å². The Bertz CT molecular complexity index is 1000. The third-order valence-electron chi connectivity index (χ3n) is 4.02. The number of aryl methyl sites for hydroxylation is 2. The van der Waals surface area contributed by atoms with Gasteiger partial charge in [-0.25, -0.2) is 9.97 Å². The third-order valence-corrected chi connectivity index (χ3v) is 4.91. The highest BCUT2D eigenvalue weighted by Crippen LogP contribution is 2.30. The normalized spacial score (nSPS) is 11.2. The van der Waals surface area contributed by atoms with Crippen LogP contribution >= 0.6 is 11.3 Å². The number of rotatable bonds is 5. The average Bonchev–Trinajstić information content (AvgIpc) is 3.27. The molecule has 120 valence electrons. The van der Waals surface area contributed by atoms with Crippen molar-refractivity contribution in [1.29, 1.82) is 0 Å². The lowest BCUT2D eigenvalue weighted by Gasteiger charge is -2.07. The summed E-state index contributed by atoms with van der Waals surface area (Å²) in [6.45, 7) is 1.48. The minimum Gasteiger partial charge on any atom is -0.337 e. The predicted molar refractivity (Wildman–Crippen MR) is 96.2 cm³/mol. The van der Waals surface area contributed by atoms with Crippen molar-refractivity contribution in [3.05, 3.63) is 71.1 Å². The number of fused-ring (bicyclic) bond motifs is 1. The van der Waals surface area contributed by atoms with Gasteiger partial charge in [0, 0.05) is 36.4 Å². The largest absolute Gasteiger partial charge is 0.337 e. The van der Waals surface area contributed by atoms with Crippen molar-refractivity contribution in [2.45, 2.75) is 19.5 Å². The van der Waals surface area contributed by atoms with Gasteiger partial charge in [0.2, 0.25) is 0 Å². The molecule has 3 aromatic heterocycles. The second kappa shape index (κ2) is 6.41. The van der Waals surface area contributed by atoms with Gasteiger partial charge >= 0.3 is 0 Å². The molecule has 0 amide bonds. The van der Waals surface area contributed by atoms with Crippen LogP contribution in [0.3, 0.4) is 0 Å². The maximum absolute atomic E-state index is 12.9. The Morgan fingerprint density at radius 2 is 1.96 bits per heavy atom. The molecule has 0 radical (unpaired) electrons. The Morgan fingerprint density at radius 3 is 2.75 bits per heavy atom. The quantitative estimate of drug-likeness (QED) is 0.561. The minimum atomic E-state index is 0.0331. The summed E-state index contributed by atoms with van der Waals surface area (Å²) in [6.07, 6.45) is 7.99. The number of thiophene rings is 1. The molecular formula is C18H16N4OS. The van der Waals surface area contributed by atoms with Gasteiger partial charge in [-0.15, -0.1) is 11.3 Å². The number of benzene rings is 1. The fourth-order valence-corrected chi connectivity index (χ4v) is 3.71. The Kier molecular flexibility index (Phi) is 3.96. The maximum Gasteiger partial charge on any atom is 0.262 e. The summed E-state index contributed by atoms with van der Waals surface area (Å²) in [5.41, 5.74) is 2.06. The number of nitrogens with zero attached hydrogens (tertiary/aromatic N) is 4. The molecule has 4 aromatic rings. The van der Waals surface area contributed by atoms with Crippen LogP contribution in [0.4, 0.5) is 0 Å². The van der Waals surface area contributed by atoms with Crippen molar-refractivity contribution < 1.29 is 0 Å². The second-order valence-corrected chi connectivity index (χ2v) is 6.45. The molecule has 0 atom stereocenters. The summed E-state index contributed by atoms with van der Waals surface area (Å²) in [6, 6.07) is 10.00. The summed E-state index contributed by atoms with van der Waals surface area (Å²) >= 11 is 1.52.